The Morgan fingerprint density at radius 2 is 1.92 bits per heavy atom. The van der Waals surface area contributed by atoms with E-state index in [1.54, 1.807) is 0 Å². The molecule has 1 heterocycles. The van der Waals surface area contributed by atoms with Crippen molar-refractivity contribution in [2.24, 2.45) is 5.92 Å². The van der Waals surface area contributed by atoms with Gasteiger partial charge in [0.15, 0.2) is 11.6 Å². The van der Waals surface area contributed by atoms with E-state index in [1.165, 1.54) is 33.2 Å². The molecule has 1 aromatic rings. The zero-order chi connectivity index (χ0) is 18.2. The van der Waals surface area contributed by atoms with Gasteiger partial charge in [-0.05, 0) is 18.6 Å². The van der Waals surface area contributed by atoms with Gasteiger partial charge in [0.1, 0.15) is 0 Å². The molecule has 1 amide bonds. The molecule has 0 aromatic heterocycles. The summed E-state index contributed by atoms with van der Waals surface area (Å²) in [7, 11) is -0.789. The molecule has 1 aliphatic rings. The zero-order valence-electron chi connectivity index (χ0n) is 13.7. The lowest BCUT2D eigenvalue weighted by molar-refractivity contribution is 0.0759. The first kappa shape index (κ1) is 18.8. The molecule has 24 heavy (non-hydrogen) atoms. The van der Waals surface area contributed by atoms with Gasteiger partial charge < -0.3 is 10.0 Å². The number of carbonyl (C=O) groups is 1. The highest BCUT2D eigenvalue weighted by molar-refractivity contribution is 7.89. The minimum Gasteiger partial charge on any atom is -0.391 e. The SMILES string of the molecule is Cc1ccc(C(=O)N2C[C@@H](CS(=O)(=O)N(C)C)[C@H](O)C2)c(F)c1F. The number of aliphatic hydroxyl groups is 1. The molecule has 0 spiro atoms. The summed E-state index contributed by atoms with van der Waals surface area (Å²) in [6, 6.07) is 2.48. The van der Waals surface area contributed by atoms with E-state index in [1.807, 2.05) is 0 Å². The summed E-state index contributed by atoms with van der Waals surface area (Å²) < 4.78 is 52.4. The van der Waals surface area contributed by atoms with Crippen molar-refractivity contribution in [1.82, 2.24) is 9.21 Å². The highest BCUT2D eigenvalue weighted by Gasteiger charge is 2.38. The van der Waals surface area contributed by atoms with Crippen molar-refractivity contribution in [3.8, 4) is 0 Å². The van der Waals surface area contributed by atoms with Crippen LogP contribution in [0.5, 0.6) is 0 Å². The molecule has 2 atom stereocenters. The number of sulfonamides is 1. The number of nitrogens with zero attached hydrogens (tertiary/aromatic N) is 2. The fraction of sp³-hybridized carbons (Fsp3) is 0.533. The number of hydrogen-bond donors (Lipinski definition) is 1. The highest BCUT2D eigenvalue weighted by atomic mass is 32.2. The molecular formula is C15H20F2N2O4S. The third-order valence-electron chi connectivity index (χ3n) is 4.18. The monoisotopic (exact) mass is 362 g/mol. The van der Waals surface area contributed by atoms with Crippen LogP contribution in [0.4, 0.5) is 8.78 Å². The number of halogens is 2. The standard InChI is InChI=1S/C15H20F2N2O4S/c1-9-4-5-11(14(17)13(9)16)15(21)19-6-10(12(20)7-19)8-24(22,23)18(2)3/h4-5,10,12,20H,6-8H2,1-3H3/t10-,12+/m0/s1. The van der Waals surface area contributed by atoms with E-state index in [9.17, 15) is 27.1 Å². The summed E-state index contributed by atoms with van der Waals surface area (Å²) >= 11 is 0. The van der Waals surface area contributed by atoms with Crippen LogP contribution in [0.3, 0.4) is 0 Å². The summed E-state index contributed by atoms with van der Waals surface area (Å²) in [5.41, 5.74) is -0.345. The third-order valence-corrected chi connectivity index (χ3v) is 6.14. The minimum atomic E-state index is -3.55. The van der Waals surface area contributed by atoms with Crippen LogP contribution in [0.2, 0.25) is 0 Å². The molecule has 0 aliphatic carbocycles. The van der Waals surface area contributed by atoms with E-state index in [-0.39, 0.29) is 24.4 Å². The molecule has 1 saturated heterocycles. The van der Waals surface area contributed by atoms with Gasteiger partial charge >= 0.3 is 0 Å². The lowest BCUT2D eigenvalue weighted by Crippen LogP contribution is -2.33. The van der Waals surface area contributed by atoms with Crippen LogP contribution in [0, 0.1) is 24.5 Å². The van der Waals surface area contributed by atoms with Crippen molar-refractivity contribution in [2.45, 2.75) is 13.0 Å². The fourth-order valence-corrected chi connectivity index (χ4v) is 3.75. The van der Waals surface area contributed by atoms with E-state index < -0.39 is 45.2 Å². The van der Waals surface area contributed by atoms with Crippen LogP contribution < -0.4 is 0 Å². The summed E-state index contributed by atoms with van der Waals surface area (Å²) in [6.45, 7) is 1.22. The number of hydrogen-bond acceptors (Lipinski definition) is 4. The van der Waals surface area contributed by atoms with Gasteiger partial charge in [0.25, 0.3) is 5.91 Å². The van der Waals surface area contributed by atoms with Crippen LogP contribution in [-0.2, 0) is 10.0 Å². The van der Waals surface area contributed by atoms with Gasteiger partial charge in [-0.15, -0.1) is 0 Å². The average molecular weight is 362 g/mol. The Balaban J connectivity index is 2.18. The molecule has 1 N–H and O–H groups in total. The zero-order valence-corrected chi connectivity index (χ0v) is 14.5. The molecule has 6 nitrogen and oxygen atoms in total. The van der Waals surface area contributed by atoms with Gasteiger partial charge in [-0.2, -0.15) is 0 Å². The summed E-state index contributed by atoms with van der Waals surface area (Å²) in [6.07, 6.45) is -1.04. The van der Waals surface area contributed by atoms with Gasteiger partial charge in [-0.25, -0.2) is 21.5 Å². The van der Waals surface area contributed by atoms with E-state index >= 15 is 0 Å². The molecular weight excluding hydrogens is 342 g/mol. The van der Waals surface area contributed by atoms with Crippen molar-refractivity contribution in [2.75, 3.05) is 32.9 Å². The van der Waals surface area contributed by atoms with Gasteiger partial charge in [0, 0.05) is 33.1 Å². The molecule has 1 aliphatic heterocycles. The Labute approximate surface area is 139 Å². The second-order valence-electron chi connectivity index (χ2n) is 6.16. The van der Waals surface area contributed by atoms with Crippen molar-refractivity contribution in [1.29, 1.82) is 0 Å². The topological polar surface area (TPSA) is 77.9 Å². The third kappa shape index (κ3) is 3.57. The second kappa shape index (κ2) is 6.73. The Morgan fingerprint density at radius 3 is 2.50 bits per heavy atom. The van der Waals surface area contributed by atoms with E-state index in [4.69, 9.17) is 0 Å². The maximum Gasteiger partial charge on any atom is 0.257 e. The molecule has 9 heteroatoms. The largest absolute Gasteiger partial charge is 0.391 e. The van der Waals surface area contributed by atoms with E-state index in [2.05, 4.69) is 0 Å². The van der Waals surface area contributed by atoms with E-state index in [0.29, 0.717) is 0 Å². The molecule has 1 fully saturated rings. The van der Waals surface area contributed by atoms with Crippen LogP contribution >= 0.6 is 0 Å². The molecule has 1 aromatic carbocycles. The van der Waals surface area contributed by atoms with Crippen molar-refractivity contribution >= 4 is 15.9 Å². The predicted molar refractivity (Wildman–Crippen MR) is 84.0 cm³/mol. The predicted octanol–water partition coefficient (Wildman–Crippen LogP) is 0.598. The summed E-state index contributed by atoms with van der Waals surface area (Å²) in [4.78, 5) is 13.5. The first-order chi connectivity index (χ1) is 11.0. The number of benzene rings is 1. The lowest BCUT2D eigenvalue weighted by atomic mass is 10.1. The van der Waals surface area contributed by atoms with Crippen LogP contribution in [-0.4, -0.2) is 67.7 Å². The summed E-state index contributed by atoms with van der Waals surface area (Å²) in [5.74, 6) is -4.10. The van der Waals surface area contributed by atoms with Crippen molar-refractivity contribution in [3.63, 3.8) is 0 Å². The van der Waals surface area contributed by atoms with Gasteiger partial charge in [0.2, 0.25) is 10.0 Å². The number of likely N-dealkylation sites (tertiary alicyclic amines) is 1. The Bertz CT molecular complexity index is 752. The number of aliphatic hydroxyl groups excluding tert-OH is 1. The number of carbonyl (C=O) groups excluding carboxylic acids is 1. The molecule has 0 bridgehead atoms. The van der Waals surface area contributed by atoms with Crippen LogP contribution in [0.15, 0.2) is 12.1 Å². The summed E-state index contributed by atoms with van der Waals surface area (Å²) in [5, 5.41) is 10.0. The molecule has 0 unspecified atom stereocenters. The number of amides is 1. The van der Waals surface area contributed by atoms with Crippen molar-refractivity contribution in [3.05, 3.63) is 34.9 Å². The van der Waals surface area contributed by atoms with Crippen LogP contribution in [0.1, 0.15) is 15.9 Å². The maximum atomic E-state index is 14.0. The van der Waals surface area contributed by atoms with E-state index in [0.717, 1.165) is 9.21 Å². The quantitative estimate of drug-likeness (QED) is 0.851. The van der Waals surface area contributed by atoms with Gasteiger partial charge in [0.05, 0.1) is 17.4 Å². The smallest absolute Gasteiger partial charge is 0.257 e. The van der Waals surface area contributed by atoms with Gasteiger partial charge in [-0.1, -0.05) is 6.07 Å². The highest BCUT2D eigenvalue weighted by Crippen LogP contribution is 2.24. The normalized spacial score (nSPS) is 21.5. The Morgan fingerprint density at radius 1 is 1.29 bits per heavy atom. The van der Waals surface area contributed by atoms with Crippen molar-refractivity contribution < 1.29 is 27.1 Å². The molecule has 0 radical (unpaired) electrons. The Hall–Kier alpha value is -1.58. The maximum absolute atomic E-state index is 14.0. The fourth-order valence-electron chi connectivity index (χ4n) is 2.58. The lowest BCUT2D eigenvalue weighted by Gasteiger charge is -2.18. The Kier molecular flexibility index (Phi) is 5.26. The van der Waals surface area contributed by atoms with Gasteiger partial charge in [-0.3, -0.25) is 4.79 Å². The van der Waals surface area contributed by atoms with Crippen LogP contribution in [0.25, 0.3) is 0 Å². The average Bonchev–Trinajstić information content (AvgIpc) is 2.85. The number of β-amino-alcohol motifs (C(OH)–C–C–N with tert-alkyl or cyclic N) is 1. The molecule has 0 saturated carbocycles. The number of aryl methyl sites for hydroxylation is 1. The molecule has 2 rings (SSSR count). The first-order valence-electron chi connectivity index (χ1n) is 7.36. The second-order valence-corrected chi connectivity index (χ2v) is 8.38. The first-order valence-corrected chi connectivity index (χ1v) is 8.97. The molecule has 134 valence electrons. The number of rotatable bonds is 4. The minimum absolute atomic E-state index is 0.0397.